The molecule has 106 valence electrons. The smallest absolute Gasteiger partial charge is 0.151 e. The van der Waals surface area contributed by atoms with Gasteiger partial charge in [0.2, 0.25) is 0 Å². The number of aryl methyl sites for hydroxylation is 1. The van der Waals surface area contributed by atoms with E-state index >= 15 is 0 Å². The van der Waals surface area contributed by atoms with Crippen molar-refractivity contribution in [2.24, 2.45) is 0 Å². The second-order valence-corrected chi connectivity index (χ2v) is 8.29. The summed E-state index contributed by atoms with van der Waals surface area (Å²) in [6.45, 7) is 0.882. The molecule has 3 nitrogen and oxygen atoms in total. The average Bonchev–Trinajstić information content (AvgIpc) is 2.34. The van der Waals surface area contributed by atoms with Gasteiger partial charge >= 0.3 is 0 Å². The highest BCUT2D eigenvalue weighted by Gasteiger charge is 2.23. The largest absolute Gasteiger partial charge is 0.313 e. The summed E-state index contributed by atoms with van der Waals surface area (Å²) in [4.78, 5) is 0. The molecule has 1 aromatic rings. The fraction of sp³-hybridized carbons (Fsp3) is 0.571. The summed E-state index contributed by atoms with van der Waals surface area (Å²) >= 11 is 3.46. The van der Waals surface area contributed by atoms with E-state index in [4.69, 9.17) is 0 Å². The lowest BCUT2D eigenvalue weighted by Gasteiger charge is -2.23. The normalized spacial score (nSPS) is 22.3. The minimum atomic E-state index is -2.80. The molecular formula is C14H20BrNO2S. The first-order valence-electron chi connectivity index (χ1n) is 6.73. The van der Waals surface area contributed by atoms with E-state index in [1.54, 1.807) is 0 Å². The highest BCUT2D eigenvalue weighted by molar-refractivity contribution is 9.10. The molecule has 1 aliphatic rings. The third kappa shape index (κ3) is 5.24. The zero-order valence-electron chi connectivity index (χ0n) is 10.9. The molecule has 0 amide bonds. The Morgan fingerprint density at radius 3 is 2.95 bits per heavy atom. The van der Waals surface area contributed by atoms with Crippen molar-refractivity contribution in [2.75, 3.05) is 18.1 Å². The Morgan fingerprint density at radius 1 is 1.37 bits per heavy atom. The predicted octanol–water partition coefficient (Wildman–Crippen LogP) is 2.55. The van der Waals surface area contributed by atoms with Crippen molar-refractivity contribution in [3.63, 3.8) is 0 Å². The van der Waals surface area contributed by atoms with Gasteiger partial charge in [0, 0.05) is 10.5 Å². The van der Waals surface area contributed by atoms with Crippen LogP contribution in [0.1, 0.15) is 24.8 Å². The van der Waals surface area contributed by atoms with Gasteiger partial charge in [0.25, 0.3) is 0 Å². The maximum absolute atomic E-state index is 11.5. The number of rotatable bonds is 5. The van der Waals surface area contributed by atoms with Crippen LogP contribution in [-0.4, -0.2) is 32.5 Å². The number of hydrogen-bond acceptors (Lipinski definition) is 3. The van der Waals surface area contributed by atoms with Crippen LogP contribution < -0.4 is 5.32 Å². The molecule has 0 radical (unpaired) electrons. The molecule has 1 fully saturated rings. The highest BCUT2D eigenvalue weighted by atomic mass is 79.9. The lowest BCUT2D eigenvalue weighted by Crippen LogP contribution is -2.40. The van der Waals surface area contributed by atoms with Crippen LogP contribution in [0.4, 0.5) is 0 Å². The molecule has 2 rings (SSSR count). The summed E-state index contributed by atoms with van der Waals surface area (Å²) in [7, 11) is -2.80. The van der Waals surface area contributed by atoms with Crippen molar-refractivity contribution in [3.05, 3.63) is 34.3 Å². The summed E-state index contributed by atoms with van der Waals surface area (Å²) in [5, 5.41) is 3.37. The Balaban J connectivity index is 1.69. The lowest BCUT2D eigenvalue weighted by atomic mass is 10.1. The first kappa shape index (κ1) is 15.0. The van der Waals surface area contributed by atoms with Gasteiger partial charge in [-0.1, -0.05) is 28.1 Å². The standard InChI is InChI=1S/C14H20BrNO2S/c15-13-6-1-4-12(10-13)5-2-8-16-14-7-3-9-19(17,18)11-14/h1,4,6,10,14,16H,2-3,5,7-9,11H2/t14-/m1/s1. The van der Waals surface area contributed by atoms with E-state index in [0.717, 1.165) is 36.7 Å². The maximum Gasteiger partial charge on any atom is 0.151 e. The zero-order chi connectivity index (χ0) is 13.7. The SMILES string of the molecule is O=S1(=O)CCC[C@@H](NCCCc2cccc(Br)c2)C1. The number of nitrogens with one attached hydrogen (secondary N) is 1. The summed E-state index contributed by atoms with van der Waals surface area (Å²) in [5.74, 6) is 0.674. The summed E-state index contributed by atoms with van der Waals surface area (Å²) < 4.78 is 24.1. The number of sulfone groups is 1. The fourth-order valence-electron chi connectivity index (χ4n) is 2.47. The Bertz CT molecular complexity index is 516. The second kappa shape index (κ2) is 6.86. The molecule has 0 bridgehead atoms. The van der Waals surface area contributed by atoms with Crippen molar-refractivity contribution in [2.45, 2.75) is 31.7 Å². The number of halogens is 1. The van der Waals surface area contributed by atoms with Crippen molar-refractivity contribution in [3.8, 4) is 0 Å². The van der Waals surface area contributed by atoms with Gasteiger partial charge < -0.3 is 5.32 Å². The number of benzene rings is 1. The summed E-state index contributed by atoms with van der Waals surface area (Å²) in [6, 6.07) is 8.47. The third-order valence-corrected chi connectivity index (χ3v) is 5.74. The molecule has 1 aliphatic heterocycles. The van der Waals surface area contributed by atoms with Crippen LogP contribution in [0.15, 0.2) is 28.7 Å². The maximum atomic E-state index is 11.5. The molecule has 0 saturated carbocycles. The Labute approximate surface area is 123 Å². The zero-order valence-corrected chi connectivity index (χ0v) is 13.3. The Morgan fingerprint density at radius 2 is 2.21 bits per heavy atom. The summed E-state index contributed by atoms with van der Waals surface area (Å²) in [5.41, 5.74) is 1.31. The predicted molar refractivity (Wildman–Crippen MR) is 82.1 cm³/mol. The molecule has 0 unspecified atom stereocenters. The van der Waals surface area contributed by atoms with E-state index in [1.165, 1.54) is 5.56 Å². The Hall–Kier alpha value is -0.390. The first-order chi connectivity index (χ1) is 9.05. The van der Waals surface area contributed by atoms with E-state index in [-0.39, 0.29) is 6.04 Å². The van der Waals surface area contributed by atoms with Crippen LogP contribution in [0.25, 0.3) is 0 Å². The van der Waals surface area contributed by atoms with Gasteiger partial charge in [-0.2, -0.15) is 0 Å². The van der Waals surface area contributed by atoms with Gasteiger partial charge in [0.15, 0.2) is 9.84 Å². The molecule has 0 spiro atoms. The van der Waals surface area contributed by atoms with Gasteiger partial charge in [-0.05, 0) is 49.9 Å². The first-order valence-corrected chi connectivity index (χ1v) is 9.35. The van der Waals surface area contributed by atoms with Crippen LogP contribution in [0, 0.1) is 0 Å². The molecule has 0 aromatic heterocycles. The summed E-state index contributed by atoms with van der Waals surface area (Å²) in [6.07, 6.45) is 3.83. The molecule has 1 aromatic carbocycles. The minimum absolute atomic E-state index is 0.154. The number of hydrogen-bond donors (Lipinski definition) is 1. The highest BCUT2D eigenvalue weighted by Crippen LogP contribution is 2.14. The monoisotopic (exact) mass is 345 g/mol. The van der Waals surface area contributed by atoms with Gasteiger partial charge in [-0.3, -0.25) is 0 Å². The van der Waals surface area contributed by atoms with Crippen LogP contribution in [0.2, 0.25) is 0 Å². The molecular weight excluding hydrogens is 326 g/mol. The van der Waals surface area contributed by atoms with E-state index in [1.807, 2.05) is 12.1 Å². The lowest BCUT2D eigenvalue weighted by molar-refractivity contribution is 0.476. The quantitative estimate of drug-likeness (QED) is 0.834. The van der Waals surface area contributed by atoms with Crippen molar-refractivity contribution in [1.82, 2.24) is 5.32 Å². The van der Waals surface area contributed by atoms with Gasteiger partial charge in [-0.25, -0.2) is 8.42 Å². The van der Waals surface area contributed by atoms with Gasteiger partial charge in [0.05, 0.1) is 11.5 Å². The fourth-order valence-corrected chi connectivity index (χ4v) is 4.59. The average molecular weight is 346 g/mol. The van der Waals surface area contributed by atoms with Crippen molar-refractivity contribution in [1.29, 1.82) is 0 Å². The molecule has 1 N–H and O–H groups in total. The van der Waals surface area contributed by atoms with Crippen molar-refractivity contribution >= 4 is 25.8 Å². The van der Waals surface area contributed by atoms with Gasteiger partial charge in [-0.15, -0.1) is 0 Å². The van der Waals surface area contributed by atoms with Crippen molar-refractivity contribution < 1.29 is 8.42 Å². The van der Waals surface area contributed by atoms with Gasteiger partial charge in [0.1, 0.15) is 0 Å². The van der Waals surface area contributed by atoms with Crippen LogP contribution in [-0.2, 0) is 16.3 Å². The van der Waals surface area contributed by atoms with E-state index in [9.17, 15) is 8.42 Å². The molecule has 19 heavy (non-hydrogen) atoms. The Kier molecular flexibility index (Phi) is 5.42. The van der Waals surface area contributed by atoms with Crippen LogP contribution >= 0.6 is 15.9 Å². The van der Waals surface area contributed by atoms with Crippen LogP contribution in [0.3, 0.4) is 0 Å². The van der Waals surface area contributed by atoms with Crippen LogP contribution in [0.5, 0.6) is 0 Å². The topological polar surface area (TPSA) is 46.2 Å². The second-order valence-electron chi connectivity index (χ2n) is 5.14. The van der Waals surface area contributed by atoms with E-state index in [0.29, 0.717) is 11.5 Å². The molecule has 1 saturated heterocycles. The van der Waals surface area contributed by atoms with E-state index < -0.39 is 9.84 Å². The molecule has 0 aliphatic carbocycles. The molecule has 5 heteroatoms. The third-order valence-electron chi connectivity index (χ3n) is 3.43. The van der Waals surface area contributed by atoms with E-state index in [2.05, 4.69) is 33.4 Å². The minimum Gasteiger partial charge on any atom is -0.313 e. The molecule has 1 heterocycles. The molecule has 1 atom stereocenters.